The highest BCUT2D eigenvalue weighted by molar-refractivity contribution is 5.06. The van der Waals surface area contributed by atoms with Gasteiger partial charge in [-0.2, -0.15) is 5.10 Å². The number of nitrogens with one attached hydrogen (secondary N) is 1. The summed E-state index contributed by atoms with van der Waals surface area (Å²) in [6.07, 6.45) is 7.12. The van der Waals surface area contributed by atoms with Crippen LogP contribution in [0.15, 0.2) is 36.8 Å². The van der Waals surface area contributed by atoms with Gasteiger partial charge in [0.2, 0.25) is 0 Å². The number of rotatable bonds is 7. The van der Waals surface area contributed by atoms with E-state index in [2.05, 4.69) is 40.2 Å². The summed E-state index contributed by atoms with van der Waals surface area (Å²) in [5.41, 5.74) is 1.35. The Labute approximate surface area is 102 Å². The number of aromatic nitrogens is 3. The van der Waals surface area contributed by atoms with Crippen LogP contribution in [-0.2, 0) is 19.6 Å². The third-order valence-electron chi connectivity index (χ3n) is 2.77. The predicted octanol–water partition coefficient (Wildman–Crippen LogP) is 1.88. The molecule has 0 saturated carbocycles. The number of hydrogen-bond acceptors (Lipinski definition) is 2. The van der Waals surface area contributed by atoms with Gasteiger partial charge in [0.1, 0.15) is 0 Å². The van der Waals surface area contributed by atoms with Crippen LogP contribution >= 0.6 is 0 Å². The lowest BCUT2D eigenvalue weighted by molar-refractivity contribution is 0.538. The van der Waals surface area contributed by atoms with Crippen LogP contribution in [0.3, 0.4) is 0 Å². The Morgan fingerprint density at radius 1 is 1.24 bits per heavy atom. The molecule has 2 heterocycles. The summed E-state index contributed by atoms with van der Waals surface area (Å²) in [4.78, 5) is 0. The molecule has 0 spiro atoms. The van der Waals surface area contributed by atoms with Crippen LogP contribution in [0, 0.1) is 0 Å². The van der Waals surface area contributed by atoms with Gasteiger partial charge in [0.15, 0.2) is 0 Å². The zero-order chi connectivity index (χ0) is 11.9. The molecule has 2 aromatic rings. The van der Waals surface area contributed by atoms with Crippen molar-refractivity contribution in [1.29, 1.82) is 0 Å². The van der Waals surface area contributed by atoms with Gasteiger partial charge in [0.25, 0.3) is 0 Å². The van der Waals surface area contributed by atoms with Crippen molar-refractivity contribution in [2.24, 2.45) is 0 Å². The van der Waals surface area contributed by atoms with Crippen molar-refractivity contribution < 1.29 is 0 Å². The second kappa shape index (κ2) is 6.25. The first-order valence-corrected chi connectivity index (χ1v) is 6.22. The molecule has 0 aromatic carbocycles. The number of nitrogens with zero attached hydrogens (tertiary/aromatic N) is 3. The van der Waals surface area contributed by atoms with Gasteiger partial charge >= 0.3 is 0 Å². The molecule has 0 atom stereocenters. The average molecular weight is 232 g/mol. The molecule has 4 nitrogen and oxygen atoms in total. The van der Waals surface area contributed by atoms with Crippen LogP contribution in [0.2, 0.25) is 0 Å². The first kappa shape index (κ1) is 11.9. The molecular weight excluding hydrogens is 212 g/mol. The van der Waals surface area contributed by atoms with Crippen LogP contribution in [0.5, 0.6) is 0 Å². The topological polar surface area (TPSA) is 34.8 Å². The normalized spacial score (nSPS) is 10.9. The van der Waals surface area contributed by atoms with E-state index in [1.165, 1.54) is 12.1 Å². The van der Waals surface area contributed by atoms with Gasteiger partial charge < -0.3 is 9.88 Å². The highest BCUT2D eigenvalue weighted by atomic mass is 15.3. The largest absolute Gasteiger partial charge is 0.350 e. The van der Waals surface area contributed by atoms with Crippen molar-refractivity contribution in [2.45, 2.75) is 33.0 Å². The lowest BCUT2D eigenvalue weighted by Gasteiger charge is -2.09. The fourth-order valence-electron chi connectivity index (χ4n) is 1.91. The Morgan fingerprint density at radius 3 is 2.94 bits per heavy atom. The lowest BCUT2D eigenvalue weighted by Crippen LogP contribution is -2.21. The van der Waals surface area contributed by atoms with Crippen LogP contribution < -0.4 is 5.32 Å². The fraction of sp³-hybridized carbons (Fsp3) is 0.462. The summed E-state index contributed by atoms with van der Waals surface area (Å²) < 4.78 is 4.25. The van der Waals surface area contributed by atoms with E-state index < -0.39 is 0 Å². The van der Waals surface area contributed by atoms with E-state index in [0.717, 1.165) is 26.2 Å². The molecule has 0 aliphatic heterocycles. The van der Waals surface area contributed by atoms with Crippen LogP contribution in [0.1, 0.15) is 19.0 Å². The zero-order valence-corrected chi connectivity index (χ0v) is 10.3. The zero-order valence-electron chi connectivity index (χ0n) is 10.3. The van der Waals surface area contributed by atoms with Crippen LogP contribution in [0.4, 0.5) is 0 Å². The average Bonchev–Trinajstić information content (AvgIpc) is 2.96. The maximum atomic E-state index is 4.17. The standard InChI is InChI=1S/C13H20N4/c1-2-8-16-9-3-5-13(16)12-14-7-11-17-10-4-6-15-17/h3-6,9-10,14H,2,7-8,11-12H2,1H3. The first-order valence-electron chi connectivity index (χ1n) is 6.22. The minimum atomic E-state index is 0.918. The van der Waals surface area contributed by atoms with Crippen molar-refractivity contribution in [3.05, 3.63) is 42.5 Å². The SMILES string of the molecule is CCCn1cccc1CNCCn1cccn1. The van der Waals surface area contributed by atoms with Crippen molar-refractivity contribution in [2.75, 3.05) is 6.54 Å². The summed E-state index contributed by atoms with van der Waals surface area (Å²) >= 11 is 0. The van der Waals surface area contributed by atoms with Crippen molar-refractivity contribution in [1.82, 2.24) is 19.7 Å². The fourth-order valence-corrected chi connectivity index (χ4v) is 1.91. The molecule has 0 aliphatic carbocycles. The second-order valence-corrected chi connectivity index (χ2v) is 4.14. The Hall–Kier alpha value is -1.55. The van der Waals surface area contributed by atoms with E-state index >= 15 is 0 Å². The molecule has 0 aliphatic rings. The first-order chi connectivity index (χ1) is 8.40. The second-order valence-electron chi connectivity index (χ2n) is 4.14. The quantitative estimate of drug-likeness (QED) is 0.740. The van der Waals surface area contributed by atoms with E-state index in [4.69, 9.17) is 0 Å². The van der Waals surface area contributed by atoms with E-state index in [0.29, 0.717) is 0 Å². The molecule has 92 valence electrons. The van der Waals surface area contributed by atoms with Gasteiger partial charge in [0.05, 0.1) is 6.54 Å². The maximum Gasteiger partial charge on any atom is 0.0534 e. The highest BCUT2D eigenvalue weighted by Crippen LogP contribution is 2.02. The minimum absolute atomic E-state index is 0.918. The molecular formula is C13H20N4. The van der Waals surface area contributed by atoms with Crippen molar-refractivity contribution in [3.8, 4) is 0 Å². The molecule has 0 radical (unpaired) electrons. The summed E-state index contributed by atoms with van der Waals surface area (Å²) in [6.45, 7) is 6.09. The summed E-state index contributed by atoms with van der Waals surface area (Å²) in [6, 6.07) is 6.24. The molecule has 0 amide bonds. The molecule has 1 N–H and O–H groups in total. The Kier molecular flexibility index (Phi) is 4.38. The molecule has 2 aromatic heterocycles. The van der Waals surface area contributed by atoms with Crippen molar-refractivity contribution >= 4 is 0 Å². The number of hydrogen-bond donors (Lipinski definition) is 1. The monoisotopic (exact) mass is 232 g/mol. The highest BCUT2D eigenvalue weighted by Gasteiger charge is 1.99. The summed E-state index contributed by atoms with van der Waals surface area (Å²) in [7, 11) is 0. The molecule has 4 heteroatoms. The Balaban J connectivity index is 1.72. The smallest absolute Gasteiger partial charge is 0.0534 e. The summed E-state index contributed by atoms with van der Waals surface area (Å²) in [5.74, 6) is 0. The van der Waals surface area contributed by atoms with E-state index in [-0.39, 0.29) is 0 Å². The molecule has 17 heavy (non-hydrogen) atoms. The molecule has 2 rings (SSSR count). The predicted molar refractivity (Wildman–Crippen MR) is 68.7 cm³/mol. The third-order valence-corrected chi connectivity index (χ3v) is 2.77. The van der Waals surface area contributed by atoms with Crippen LogP contribution in [0.25, 0.3) is 0 Å². The molecule has 0 unspecified atom stereocenters. The Bertz CT molecular complexity index is 416. The van der Waals surface area contributed by atoms with E-state index in [1.54, 1.807) is 0 Å². The van der Waals surface area contributed by atoms with Gasteiger partial charge in [-0.25, -0.2) is 0 Å². The van der Waals surface area contributed by atoms with Gasteiger partial charge in [0, 0.05) is 43.9 Å². The van der Waals surface area contributed by atoms with Gasteiger partial charge in [-0.15, -0.1) is 0 Å². The maximum absolute atomic E-state index is 4.17. The molecule has 0 saturated heterocycles. The van der Waals surface area contributed by atoms with E-state index in [9.17, 15) is 0 Å². The van der Waals surface area contributed by atoms with Gasteiger partial charge in [-0.05, 0) is 24.6 Å². The van der Waals surface area contributed by atoms with Crippen molar-refractivity contribution in [3.63, 3.8) is 0 Å². The van der Waals surface area contributed by atoms with Gasteiger partial charge in [-0.3, -0.25) is 4.68 Å². The van der Waals surface area contributed by atoms with Gasteiger partial charge in [-0.1, -0.05) is 6.92 Å². The lowest BCUT2D eigenvalue weighted by atomic mass is 10.4. The third kappa shape index (κ3) is 3.46. The van der Waals surface area contributed by atoms with E-state index in [1.807, 2.05) is 23.1 Å². The molecule has 0 bridgehead atoms. The molecule has 0 fully saturated rings. The summed E-state index contributed by atoms with van der Waals surface area (Å²) in [5, 5.41) is 7.61. The minimum Gasteiger partial charge on any atom is -0.350 e. The van der Waals surface area contributed by atoms with Crippen LogP contribution in [-0.4, -0.2) is 20.9 Å². The number of aryl methyl sites for hydroxylation is 1. The Morgan fingerprint density at radius 2 is 2.18 bits per heavy atom.